The van der Waals surface area contributed by atoms with E-state index >= 15 is 0 Å². The van der Waals surface area contributed by atoms with Crippen LogP contribution in [0.25, 0.3) is 0 Å². The molecule has 0 aromatic heterocycles. The molecule has 1 aromatic carbocycles. The monoisotopic (exact) mass is 253 g/mol. The SMILES string of the molecule is CCC(CC)(CN)C(=O)c1ccc(C)c(Cl)c1. The fourth-order valence-corrected chi connectivity index (χ4v) is 2.17. The van der Waals surface area contributed by atoms with Crippen LogP contribution in [-0.4, -0.2) is 12.3 Å². The summed E-state index contributed by atoms with van der Waals surface area (Å²) in [5, 5.41) is 0.633. The molecule has 0 fully saturated rings. The summed E-state index contributed by atoms with van der Waals surface area (Å²) in [6.45, 7) is 6.31. The summed E-state index contributed by atoms with van der Waals surface area (Å²) >= 11 is 6.05. The van der Waals surface area contributed by atoms with Crippen molar-refractivity contribution in [2.24, 2.45) is 11.1 Å². The number of hydrogen-bond acceptors (Lipinski definition) is 2. The van der Waals surface area contributed by atoms with Crippen molar-refractivity contribution in [1.82, 2.24) is 0 Å². The zero-order chi connectivity index (χ0) is 13.1. The second kappa shape index (κ2) is 5.65. The molecule has 2 nitrogen and oxygen atoms in total. The maximum atomic E-state index is 12.5. The highest BCUT2D eigenvalue weighted by molar-refractivity contribution is 6.31. The number of rotatable bonds is 5. The molecule has 0 saturated heterocycles. The molecule has 1 aromatic rings. The van der Waals surface area contributed by atoms with Crippen molar-refractivity contribution in [1.29, 1.82) is 0 Å². The summed E-state index contributed by atoms with van der Waals surface area (Å²) < 4.78 is 0. The summed E-state index contributed by atoms with van der Waals surface area (Å²) in [5.41, 5.74) is 6.98. The highest BCUT2D eigenvalue weighted by Crippen LogP contribution is 2.31. The molecule has 0 unspecified atom stereocenters. The van der Waals surface area contributed by atoms with E-state index in [4.69, 9.17) is 17.3 Å². The van der Waals surface area contributed by atoms with Gasteiger partial charge in [-0.1, -0.05) is 37.6 Å². The third-order valence-electron chi connectivity index (χ3n) is 3.66. The van der Waals surface area contributed by atoms with Gasteiger partial charge in [-0.2, -0.15) is 0 Å². The van der Waals surface area contributed by atoms with E-state index in [1.54, 1.807) is 6.07 Å². The van der Waals surface area contributed by atoms with Gasteiger partial charge in [-0.3, -0.25) is 4.79 Å². The molecule has 1 rings (SSSR count). The van der Waals surface area contributed by atoms with Crippen LogP contribution in [0, 0.1) is 12.3 Å². The Hall–Kier alpha value is -0.860. The van der Waals surface area contributed by atoms with Gasteiger partial charge in [0.1, 0.15) is 0 Å². The predicted octanol–water partition coefficient (Wildman–Crippen LogP) is 3.60. The second-order valence-corrected chi connectivity index (χ2v) is 4.89. The fraction of sp³-hybridized carbons (Fsp3) is 0.500. The van der Waals surface area contributed by atoms with Crippen molar-refractivity contribution in [3.8, 4) is 0 Å². The van der Waals surface area contributed by atoms with Gasteiger partial charge in [0.25, 0.3) is 0 Å². The number of aryl methyl sites for hydroxylation is 1. The number of benzene rings is 1. The Morgan fingerprint density at radius 1 is 1.35 bits per heavy atom. The van der Waals surface area contributed by atoms with Gasteiger partial charge in [-0.05, 0) is 31.4 Å². The molecule has 0 spiro atoms. The number of carbonyl (C=O) groups excluding carboxylic acids is 1. The maximum Gasteiger partial charge on any atom is 0.170 e. The van der Waals surface area contributed by atoms with Crippen LogP contribution in [0.5, 0.6) is 0 Å². The quantitative estimate of drug-likeness (QED) is 0.815. The molecule has 0 amide bonds. The Morgan fingerprint density at radius 2 is 1.94 bits per heavy atom. The molecule has 0 aliphatic heterocycles. The zero-order valence-corrected chi connectivity index (χ0v) is 11.5. The number of halogens is 1. The first kappa shape index (κ1) is 14.2. The van der Waals surface area contributed by atoms with Crippen LogP contribution in [0.4, 0.5) is 0 Å². The van der Waals surface area contributed by atoms with Crippen LogP contribution >= 0.6 is 11.6 Å². The Morgan fingerprint density at radius 3 is 2.35 bits per heavy atom. The molecule has 0 bridgehead atoms. The summed E-state index contributed by atoms with van der Waals surface area (Å²) in [6, 6.07) is 5.45. The Labute approximate surface area is 108 Å². The van der Waals surface area contributed by atoms with E-state index in [-0.39, 0.29) is 5.78 Å². The predicted molar refractivity (Wildman–Crippen MR) is 72.6 cm³/mol. The lowest BCUT2D eigenvalue weighted by Crippen LogP contribution is -2.37. The van der Waals surface area contributed by atoms with Gasteiger partial charge < -0.3 is 5.73 Å². The standard InChI is InChI=1S/C14H20ClNO/c1-4-14(5-2,9-16)13(17)11-7-6-10(3)12(15)8-11/h6-8H,4-5,9,16H2,1-3H3. The average molecular weight is 254 g/mol. The van der Waals surface area contributed by atoms with Crippen LogP contribution in [0.15, 0.2) is 18.2 Å². The largest absolute Gasteiger partial charge is 0.329 e. The number of nitrogens with two attached hydrogens (primary N) is 1. The van der Waals surface area contributed by atoms with E-state index in [2.05, 4.69) is 0 Å². The normalized spacial score (nSPS) is 11.6. The molecule has 2 N–H and O–H groups in total. The van der Waals surface area contributed by atoms with Crippen molar-refractivity contribution < 1.29 is 4.79 Å². The van der Waals surface area contributed by atoms with Gasteiger partial charge in [0, 0.05) is 22.5 Å². The fourth-order valence-electron chi connectivity index (χ4n) is 1.99. The smallest absolute Gasteiger partial charge is 0.170 e. The van der Waals surface area contributed by atoms with Gasteiger partial charge in [0.2, 0.25) is 0 Å². The van der Waals surface area contributed by atoms with Crippen molar-refractivity contribution in [3.05, 3.63) is 34.3 Å². The molecule has 0 radical (unpaired) electrons. The third kappa shape index (κ3) is 2.70. The zero-order valence-electron chi connectivity index (χ0n) is 10.7. The van der Waals surface area contributed by atoms with Gasteiger partial charge in [0.15, 0.2) is 5.78 Å². The van der Waals surface area contributed by atoms with Crippen LogP contribution in [0.2, 0.25) is 5.02 Å². The van der Waals surface area contributed by atoms with Crippen molar-refractivity contribution in [3.63, 3.8) is 0 Å². The summed E-state index contributed by atoms with van der Waals surface area (Å²) in [4.78, 5) is 12.5. The molecular formula is C14H20ClNO. The second-order valence-electron chi connectivity index (χ2n) is 4.48. The Bertz CT molecular complexity index is 402. The van der Waals surface area contributed by atoms with Crippen LogP contribution < -0.4 is 5.73 Å². The van der Waals surface area contributed by atoms with E-state index in [1.807, 2.05) is 32.9 Å². The summed E-state index contributed by atoms with van der Waals surface area (Å²) in [7, 11) is 0. The minimum Gasteiger partial charge on any atom is -0.329 e. The molecule has 3 heteroatoms. The minimum atomic E-state index is -0.446. The van der Waals surface area contributed by atoms with Crippen LogP contribution in [-0.2, 0) is 0 Å². The number of carbonyl (C=O) groups is 1. The molecule has 0 heterocycles. The molecule has 0 aliphatic rings. The first-order valence-electron chi connectivity index (χ1n) is 6.01. The van der Waals surface area contributed by atoms with E-state index in [0.29, 0.717) is 17.1 Å². The van der Waals surface area contributed by atoms with E-state index in [9.17, 15) is 4.79 Å². The lowest BCUT2D eigenvalue weighted by Gasteiger charge is -2.28. The van der Waals surface area contributed by atoms with Gasteiger partial charge >= 0.3 is 0 Å². The van der Waals surface area contributed by atoms with Crippen molar-refractivity contribution in [2.45, 2.75) is 33.6 Å². The molecule has 94 valence electrons. The number of ketones is 1. The van der Waals surface area contributed by atoms with Crippen LogP contribution in [0.3, 0.4) is 0 Å². The highest BCUT2D eigenvalue weighted by Gasteiger charge is 2.33. The van der Waals surface area contributed by atoms with Gasteiger partial charge in [0.05, 0.1) is 0 Å². The molecule has 0 aliphatic carbocycles. The number of hydrogen-bond donors (Lipinski definition) is 1. The van der Waals surface area contributed by atoms with Crippen molar-refractivity contribution in [2.75, 3.05) is 6.54 Å². The highest BCUT2D eigenvalue weighted by atomic mass is 35.5. The first-order chi connectivity index (χ1) is 8.00. The van der Waals surface area contributed by atoms with Crippen molar-refractivity contribution >= 4 is 17.4 Å². The van der Waals surface area contributed by atoms with Gasteiger partial charge in [-0.15, -0.1) is 0 Å². The molecule has 0 saturated carbocycles. The van der Waals surface area contributed by atoms with Gasteiger partial charge in [-0.25, -0.2) is 0 Å². The van der Waals surface area contributed by atoms with E-state index < -0.39 is 5.41 Å². The summed E-state index contributed by atoms with van der Waals surface area (Å²) in [5.74, 6) is 0.104. The topological polar surface area (TPSA) is 43.1 Å². The Kier molecular flexibility index (Phi) is 4.72. The number of Topliss-reactive ketones (excluding diaryl/α,β-unsaturated/α-hetero) is 1. The first-order valence-corrected chi connectivity index (χ1v) is 6.39. The summed E-state index contributed by atoms with van der Waals surface area (Å²) in [6.07, 6.45) is 1.51. The Balaban J connectivity index is 3.14. The maximum absolute atomic E-state index is 12.5. The van der Waals surface area contributed by atoms with Crippen LogP contribution in [0.1, 0.15) is 42.6 Å². The third-order valence-corrected chi connectivity index (χ3v) is 4.07. The van der Waals surface area contributed by atoms with E-state index in [1.165, 1.54) is 0 Å². The molecular weight excluding hydrogens is 234 g/mol. The average Bonchev–Trinajstić information content (AvgIpc) is 2.35. The molecule has 0 atom stereocenters. The lowest BCUT2D eigenvalue weighted by molar-refractivity contribution is 0.0787. The molecule has 17 heavy (non-hydrogen) atoms. The minimum absolute atomic E-state index is 0.104. The van der Waals surface area contributed by atoms with E-state index in [0.717, 1.165) is 18.4 Å². The lowest BCUT2D eigenvalue weighted by atomic mass is 9.76.